The number of likely N-dealkylation sites (tertiary alicyclic amines) is 1. The molecule has 5 atom stereocenters. The van der Waals surface area contributed by atoms with Gasteiger partial charge in [0.25, 0.3) is 0 Å². The normalized spacial score (nSPS) is 27.5. The maximum Gasteiger partial charge on any atom is 0.161 e. The molecule has 1 N–H and O–H groups in total. The maximum absolute atomic E-state index is 11.3. The van der Waals surface area contributed by atoms with E-state index in [4.69, 9.17) is 14.2 Å². The van der Waals surface area contributed by atoms with Crippen LogP contribution in [0.15, 0.2) is 78.9 Å². The van der Waals surface area contributed by atoms with Crippen molar-refractivity contribution in [3.63, 3.8) is 0 Å². The van der Waals surface area contributed by atoms with Gasteiger partial charge in [-0.15, -0.1) is 0 Å². The standard InChI is InChI=1S/C34H43NO4/c1-24-16-18-28(29(36)20-24)33(2,3)35-23-34(27-14-10-7-11-15-27,39-22-25-12-8-6-9-13-25)32(35)26-17-19-30(37-4)31(21-26)38-5/h6-15,17,19,21,24,28-29,32,36H,16,18,20,22-23H2,1-5H3/t24-,28-,29-,32+,34+/m1/s1. The van der Waals surface area contributed by atoms with Gasteiger partial charge >= 0.3 is 0 Å². The van der Waals surface area contributed by atoms with Gasteiger partial charge in [-0.05, 0) is 61.4 Å². The number of hydrogen-bond donors (Lipinski definition) is 1. The molecule has 2 aliphatic rings. The van der Waals surface area contributed by atoms with Crippen molar-refractivity contribution in [2.45, 2.75) is 69.9 Å². The summed E-state index contributed by atoms with van der Waals surface area (Å²) in [5.41, 5.74) is 2.61. The van der Waals surface area contributed by atoms with Crippen LogP contribution in [-0.2, 0) is 16.9 Å². The molecule has 0 radical (unpaired) electrons. The van der Waals surface area contributed by atoms with Crippen LogP contribution in [-0.4, -0.2) is 42.4 Å². The highest BCUT2D eigenvalue weighted by molar-refractivity contribution is 5.47. The molecule has 3 aromatic rings. The van der Waals surface area contributed by atoms with Gasteiger partial charge in [0.05, 0.1) is 33.0 Å². The van der Waals surface area contributed by atoms with Crippen molar-refractivity contribution in [1.82, 2.24) is 4.90 Å². The summed E-state index contributed by atoms with van der Waals surface area (Å²) >= 11 is 0. The van der Waals surface area contributed by atoms with Crippen molar-refractivity contribution in [2.24, 2.45) is 11.8 Å². The van der Waals surface area contributed by atoms with Gasteiger partial charge in [-0.1, -0.05) is 80.1 Å². The highest BCUT2D eigenvalue weighted by Crippen LogP contribution is 2.57. The highest BCUT2D eigenvalue weighted by Gasteiger charge is 2.61. The third-order valence-electron chi connectivity index (χ3n) is 9.21. The van der Waals surface area contributed by atoms with Crippen molar-refractivity contribution in [2.75, 3.05) is 20.8 Å². The molecular formula is C34H43NO4. The van der Waals surface area contributed by atoms with E-state index in [-0.39, 0.29) is 23.6 Å². The van der Waals surface area contributed by atoms with E-state index in [2.05, 4.69) is 92.4 Å². The Morgan fingerprint density at radius 2 is 1.56 bits per heavy atom. The molecule has 1 aliphatic heterocycles. The number of hydrogen-bond acceptors (Lipinski definition) is 5. The molecule has 2 fully saturated rings. The topological polar surface area (TPSA) is 51.2 Å². The van der Waals surface area contributed by atoms with Crippen LogP contribution in [0.4, 0.5) is 0 Å². The molecule has 39 heavy (non-hydrogen) atoms. The van der Waals surface area contributed by atoms with E-state index in [0.29, 0.717) is 24.0 Å². The molecule has 1 aliphatic carbocycles. The summed E-state index contributed by atoms with van der Waals surface area (Å²) < 4.78 is 18.3. The number of aliphatic hydroxyl groups is 1. The molecule has 5 nitrogen and oxygen atoms in total. The van der Waals surface area contributed by atoms with Crippen molar-refractivity contribution < 1.29 is 19.3 Å². The van der Waals surface area contributed by atoms with Gasteiger partial charge in [-0.2, -0.15) is 0 Å². The maximum atomic E-state index is 11.3. The van der Waals surface area contributed by atoms with E-state index in [9.17, 15) is 5.11 Å². The summed E-state index contributed by atoms with van der Waals surface area (Å²) in [4.78, 5) is 2.55. The zero-order valence-electron chi connectivity index (χ0n) is 24.0. The zero-order valence-corrected chi connectivity index (χ0v) is 24.0. The van der Waals surface area contributed by atoms with Crippen LogP contribution in [0.25, 0.3) is 0 Å². The first-order valence-electron chi connectivity index (χ1n) is 14.2. The van der Waals surface area contributed by atoms with Crippen molar-refractivity contribution >= 4 is 0 Å². The predicted octanol–water partition coefficient (Wildman–Crippen LogP) is 6.75. The summed E-state index contributed by atoms with van der Waals surface area (Å²) in [6.45, 7) is 8.10. The Morgan fingerprint density at radius 3 is 2.21 bits per heavy atom. The second-order valence-corrected chi connectivity index (χ2v) is 11.9. The fourth-order valence-corrected chi connectivity index (χ4v) is 6.93. The highest BCUT2D eigenvalue weighted by atomic mass is 16.5. The summed E-state index contributed by atoms with van der Waals surface area (Å²) in [6, 6.07) is 27.1. The second kappa shape index (κ2) is 11.3. The molecule has 1 saturated carbocycles. The minimum Gasteiger partial charge on any atom is -0.493 e. The molecule has 1 heterocycles. The van der Waals surface area contributed by atoms with Crippen molar-refractivity contribution in [1.29, 1.82) is 0 Å². The number of nitrogens with zero attached hydrogens (tertiary/aromatic N) is 1. The van der Waals surface area contributed by atoms with Crippen LogP contribution in [0.1, 0.15) is 62.8 Å². The Bertz CT molecular complexity index is 1230. The molecular weight excluding hydrogens is 486 g/mol. The molecule has 0 bridgehead atoms. The summed E-state index contributed by atoms with van der Waals surface area (Å²) in [6.07, 6.45) is 2.71. The molecule has 5 rings (SSSR count). The van der Waals surface area contributed by atoms with Gasteiger partial charge in [-0.25, -0.2) is 0 Å². The molecule has 1 saturated heterocycles. The van der Waals surface area contributed by atoms with Crippen LogP contribution < -0.4 is 9.47 Å². The molecule has 0 unspecified atom stereocenters. The molecule has 208 valence electrons. The lowest BCUT2D eigenvalue weighted by Gasteiger charge is -2.64. The summed E-state index contributed by atoms with van der Waals surface area (Å²) in [5, 5.41) is 11.3. The number of methoxy groups -OCH3 is 2. The van der Waals surface area contributed by atoms with Crippen LogP contribution >= 0.6 is 0 Å². The average Bonchev–Trinajstić information content (AvgIpc) is 2.93. The number of rotatable bonds is 9. The van der Waals surface area contributed by atoms with E-state index in [1.54, 1.807) is 14.2 Å². The van der Waals surface area contributed by atoms with Gasteiger partial charge in [0.15, 0.2) is 11.5 Å². The first-order chi connectivity index (χ1) is 18.8. The van der Waals surface area contributed by atoms with Crippen LogP contribution in [0.3, 0.4) is 0 Å². The van der Waals surface area contributed by atoms with E-state index >= 15 is 0 Å². The number of benzene rings is 3. The Labute approximate surface area is 233 Å². The van der Waals surface area contributed by atoms with Gasteiger partial charge < -0.3 is 19.3 Å². The van der Waals surface area contributed by atoms with Crippen LogP contribution in [0, 0.1) is 11.8 Å². The van der Waals surface area contributed by atoms with Gasteiger partial charge in [0.1, 0.15) is 5.60 Å². The Hall–Kier alpha value is -2.86. The third kappa shape index (κ3) is 5.20. The lowest BCUT2D eigenvalue weighted by molar-refractivity contribution is -0.247. The fraction of sp³-hybridized carbons (Fsp3) is 0.471. The van der Waals surface area contributed by atoms with Gasteiger partial charge in [0, 0.05) is 18.0 Å². The minimum absolute atomic E-state index is 0.0787. The fourth-order valence-electron chi connectivity index (χ4n) is 6.93. The SMILES string of the molecule is COc1ccc([C@@H]2N(C(C)(C)[C@@H]3CC[C@@H](C)C[C@H]3O)C[C@]2(OCc2ccccc2)c2ccccc2)cc1OC. The van der Waals surface area contributed by atoms with Gasteiger partial charge in [0.2, 0.25) is 0 Å². The number of aliphatic hydroxyl groups excluding tert-OH is 1. The first-order valence-corrected chi connectivity index (χ1v) is 14.2. The predicted molar refractivity (Wildman–Crippen MR) is 155 cm³/mol. The molecule has 3 aromatic carbocycles. The molecule has 0 spiro atoms. The van der Waals surface area contributed by atoms with E-state index in [1.807, 2.05) is 12.1 Å². The summed E-state index contributed by atoms with van der Waals surface area (Å²) in [5.74, 6) is 2.15. The van der Waals surface area contributed by atoms with Crippen LogP contribution in [0.5, 0.6) is 11.5 Å². The third-order valence-corrected chi connectivity index (χ3v) is 9.21. The van der Waals surface area contributed by atoms with Crippen molar-refractivity contribution in [3.8, 4) is 11.5 Å². The quantitative estimate of drug-likeness (QED) is 0.332. The Balaban J connectivity index is 1.60. The van der Waals surface area contributed by atoms with Gasteiger partial charge in [-0.3, -0.25) is 4.90 Å². The Kier molecular flexibility index (Phi) is 8.04. The van der Waals surface area contributed by atoms with Crippen molar-refractivity contribution in [3.05, 3.63) is 95.6 Å². The average molecular weight is 530 g/mol. The van der Waals surface area contributed by atoms with E-state index in [1.165, 1.54) is 0 Å². The van der Waals surface area contributed by atoms with Crippen LogP contribution in [0.2, 0.25) is 0 Å². The smallest absolute Gasteiger partial charge is 0.161 e. The minimum atomic E-state index is -0.569. The summed E-state index contributed by atoms with van der Waals surface area (Å²) in [7, 11) is 3.35. The lowest BCUT2D eigenvalue weighted by Crippen LogP contribution is -2.71. The largest absolute Gasteiger partial charge is 0.493 e. The first kappa shape index (κ1) is 27.7. The zero-order chi connectivity index (χ0) is 27.6. The van der Waals surface area contributed by atoms with E-state index in [0.717, 1.165) is 42.5 Å². The van der Waals surface area contributed by atoms with E-state index < -0.39 is 5.60 Å². The molecule has 5 heteroatoms. The second-order valence-electron chi connectivity index (χ2n) is 11.9. The molecule has 0 aromatic heterocycles. The number of ether oxygens (including phenoxy) is 3. The Morgan fingerprint density at radius 1 is 0.897 bits per heavy atom. The monoisotopic (exact) mass is 529 g/mol. The lowest BCUT2D eigenvalue weighted by atomic mass is 9.65. The molecule has 0 amide bonds.